The van der Waals surface area contributed by atoms with Gasteiger partial charge in [-0.3, -0.25) is 19.8 Å². The zero-order valence-electron chi connectivity index (χ0n) is 19.6. The lowest BCUT2D eigenvalue weighted by molar-refractivity contribution is -0.144. The molecule has 184 valence electrons. The van der Waals surface area contributed by atoms with Crippen molar-refractivity contribution >= 4 is 23.6 Å². The van der Waals surface area contributed by atoms with Crippen molar-refractivity contribution < 1.29 is 19.4 Å². The van der Waals surface area contributed by atoms with E-state index in [1.807, 2.05) is 35.4 Å². The van der Waals surface area contributed by atoms with Crippen molar-refractivity contribution in [3.63, 3.8) is 0 Å². The van der Waals surface area contributed by atoms with Crippen molar-refractivity contribution in [2.45, 2.75) is 19.0 Å². The maximum Gasteiger partial charge on any atom is 0.407 e. The highest BCUT2D eigenvalue weighted by molar-refractivity contribution is 6.06. The van der Waals surface area contributed by atoms with E-state index in [0.29, 0.717) is 36.5 Å². The van der Waals surface area contributed by atoms with Crippen LogP contribution in [0.2, 0.25) is 0 Å². The molecule has 0 bridgehead atoms. The van der Waals surface area contributed by atoms with Gasteiger partial charge in [0.15, 0.2) is 0 Å². The fraction of sp³-hybridized carbons (Fsp3) is 0.320. The predicted molar refractivity (Wildman–Crippen MR) is 134 cm³/mol. The van der Waals surface area contributed by atoms with Crippen molar-refractivity contribution in [3.05, 3.63) is 66.0 Å². The van der Waals surface area contributed by atoms with Gasteiger partial charge in [-0.05, 0) is 36.2 Å². The number of amides is 1. The van der Waals surface area contributed by atoms with Gasteiger partial charge < -0.3 is 25.9 Å². The number of terminal acetylenes is 1. The van der Waals surface area contributed by atoms with Gasteiger partial charge in [0.05, 0.1) is 5.92 Å². The number of alkyl carbamates (subject to hydrolysis) is 1. The van der Waals surface area contributed by atoms with E-state index in [4.69, 9.17) is 16.6 Å². The first-order chi connectivity index (χ1) is 16.9. The van der Waals surface area contributed by atoms with Crippen LogP contribution in [-0.2, 0) is 16.1 Å². The molecule has 3 rings (SSSR count). The summed E-state index contributed by atoms with van der Waals surface area (Å²) in [7, 11) is 1.75. The summed E-state index contributed by atoms with van der Waals surface area (Å²) in [6.45, 7) is 4.81. The van der Waals surface area contributed by atoms with Crippen LogP contribution in [0.3, 0.4) is 0 Å². The molecule has 0 aliphatic carbocycles. The number of anilines is 1. The number of carbonyl (C=O) groups is 2. The van der Waals surface area contributed by atoms with Gasteiger partial charge in [-0.1, -0.05) is 24.6 Å². The Morgan fingerprint density at radius 1 is 1.40 bits per heavy atom. The number of amidine groups is 1. The van der Waals surface area contributed by atoms with Crippen molar-refractivity contribution in [2.24, 2.45) is 5.92 Å². The summed E-state index contributed by atoms with van der Waals surface area (Å²) in [5.74, 6) is 0.973. The molecule has 1 amide bonds. The number of piperidine rings is 1. The van der Waals surface area contributed by atoms with E-state index in [1.54, 1.807) is 17.8 Å². The highest BCUT2D eigenvalue weighted by Crippen LogP contribution is 2.22. The van der Waals surface area contributed by atoms with E-state index < -0.39 is 24.0 Å². The fourth-order valence-electron chi connectivity index (χ4n) is 4.11. The summed E-state index contributed by atoms with van der Waals surface area (Å²) in [6.07, 6.45) is 8.55. The van der Waals surface area contributed by atoms with E-state index in [9.17, 15) is 14.7 Å². The first kappa shape index (κ1) is 25.4. The van der Waals surface area contributed by atoms with E-state index in [1.165, 1.54) is 6.08 Å². The van der Waals surface area contributed by atoms with Gasteiger partial charge in [-0.25, -0.2) is 4.79 Å². The summed E-state index contributed by atoms with van der Waals surface area (Å²) in [4.78, 5) is 25.9. The minimum atomic E-state index is -0.987. The molecule has 1 aromatic carbocycles. The lowest BCUT2D eigenvalue weighted by Crippen LogP contribution is -2.53. The summed E-state index contributed by atoms with van der Waals surface area (Å²) in [5.41, 5.74) is 5.91. The highest BCUT2D eigenvalue weighted by atomic mass is 16.5. The van der Waals surface area contributed by atoms with Gasteiger partial charge in [-0.2, -0.15) is 0 Å². The fourth-order valence-corrected chi connectivity index (χ4v) is 4.11. The number of aliphatic carboxylic acids is 1. The number of ether oxygens (including phenoxy) is 1. The number of aromatic nitrogens is 1. The maximum absolute atomic E-state index is 11.9. The molecule has 1 aliphatic heterocycles. The number of benzene rings is 1. The number of hydrogen-bond donors (Lipinski definition) is 5. The second-order valence-corrected chi connectivity index (χ2v) is 8.11. The average Bonchev–Trinajstić information content (AvgIpc) is 3.26. The van der Waals surface area contributed by atoms with Crippen LogP contribution in [0.25, 0.3) is 0 Å². The average molecular weight is 479 g/mol. The van der Waals surface area contributed by atoms with E-state index in [2.05, 4.69) is 28.6 Å². The Morgan fingerprint density at radius 3 is 2.89 bits per heavy atom. The van der Waals surface area contributed by atoms with Crippen LogP contribution in [0.5, 0.6) is 0 Å². The Balaban J connectivity index is 1.72. The van der Waals surface area contributed by atoms with Crippen LogP contribution >= 0.6 is 0 Å². The molecule has 0 radical (unpaired) electrons. The molecule has 1 fully saturated rings. The van der Waals surface area contributed by atoms with Crippen LogP contribution in [0.4, 0.5) is 10.5 Å². The third-order valence-electron chi connectivity index (χ3n) is 5.79. The molecule has 0 spiro atoms. The standard InChI is InChI=1S/C25H30N6O4/c1-4-13-35-25(34)29-21-10-11-30(16-20(21)24(32)33)15-18-9-12-31(27-3)22(18)23(26)28-19-8-6-7-17(5-2)14-19/h2,4,6-9,12,14,20-21,27H,1,10-11,13,15-16H2,3H3,(H2,26,28)(H,29,34)(H,32,33)/t20-,21+/m0/s1. The summed E-state index contributed by atoms with van der Waals surface area (Å²) in [6, 6.07) is 8.61. The number of likely N-dealkylation sites (tertiary alicyclic amines) is 1. The lowest BCUT2D eigenvalue weighted by Gasteiger charge is -2.36. The zero-order valence-corrected chi connectivity index (χ0v) is 19.6. The van der Waals surface area contributed by atoms with Gasteiger partial charge in [0, 0.05) is 50.2 Å². The third-order valence-corrected chi connectivity index (χ3v) is 5.79. The van der Waals surface area contributed by atoms with Gasteiger partial charge in [0.2, 0.25) is 0 Å². The number of rotatable bonds is 9. The molecule has 2 atom stereocenters. The monoisotopic (exact) mass is 478 g/mol. The predicted octanol–water partition coefficient (Wildman–Crippen LogP) is 2.27. The molecule has 10 heteroatoms. The van der Waals surface area contributed by atoms with Crippen LogP contribution in [-0.4, -0.2) is 65.4 Å². The van der Waals surface area contributed by atoms with Gasteiger partial charge in [0.25, 0.3) is 0 Å². The molecular weight excluding hydrogens is 448 g/mol. The van der Waals surface area contributed by atoms with E-state index >= 15 is 0 Å². The minimum absolute atomic E-state index is 0.0562. The van der Waals surface area contributed by atoms with Crippen LogP contribution in [0.15, 0.2) is 49.2 Å². The molecule has 2 aromatic rings. The summed E-state index contributed by atoms with van der Waals surface area (Å²) < 4.78 is 6.67. The Labute approximate surface area is 204 Å². The largest absolute Gasteiger partial charge is 0.481 e. The quantitative estimate of drug-likeness (QED) is 0.162. The molecule has 35 heavy (non-hydrogen) atoms. The summed E-state index contributed by atoms with van der Waals surface area (Å²) >= 11 is 0. The number of carboxylic acids is 1. The van der Waals surface area contributed by atoms with Gasteiger partial charge in [0.1, 0.15) is 18.1 Å². The molecular formula is C25H30N6O4. The molecule has 1 aliphatic rings. The molecule has 0 unspecified atom stereocenters. The van der Waals surface area contributed by atoms with Crippen LogP contribution in [0.1, 0.15) is 23.2 Å². The Morgan fingerprint density at radius 2 is 2.20 bits per heavy atom. The third kappa shape index (κ3) is 6.43. The Bertz CT molecular complexity index is 1140. The molecule has 1 saturated heterocycles. The highest BCUT2D eigenvalue weighted by Gasteiger charge is 2.36. The molecule has 5 N–H and O–H groups in total. The second kappa shape index (κ2) is 11.8. The van der Waals surface area contributed by atoms with Crippen molar-refractivity contribution in [1.82, 2.24) is 14.9 Å². The van der Waals surface area contributed by atoms with Gasteiger partial charge in [-0.15, -0.1) is 6.42 Å². The number of nitrogens with one attached hydrogen (secondary N) is 4. The van der Waals surface area contributed by atoms with Crippen molar-refractivity contribution in [1.29, 1.82) is 5.41 Å². The van der Waals surface area contributed by atoms with E-state index in [-0.39, 0.29) is 19.0 Å². The van der Waals surface area contributed by atoms with Crippen molar-refractivity contribution in [2.75, 3.05) is 37.5 Å². The second-order valence-electron chi connectivity index (χ2n) is 8.11. The summed E-state index contributed by atoms with van der Waals surface area (Å²) in [5, 5.41) is 24.2. The smallest absolute Gasteiger partial charge is 0.407 e. The lowest BCUT2D eigenvalue weighted by atomic mass is 9.92. The minimum Gasteiger partial charge on any atom is -0.481 e. The van der Waals surface area contributed by atoms with Crippen molar-refractivity contribution in [3.8, 4) is 12.3 Å². The SMILES string of the molecule is C#Cc1cccc(NC(=N)c2c(CN3CC[C@@H](NC(=O)OCC=C)[C@@H](C(=O)O)C3)ccn2NC)c1. The first-order valence-electron chi connectivity index (χ1n) is 11.2. The number of nitrogens with zero attached hydrogens (tertiary/aromatic N) is 2. The number of carbonyl (C=O) groups excluding carboxylic acids is 1. The van der Waals surface area contributed by atoms with Crippen LogP contribution in [0, 0.1) is 23.7 Å². The maximum atomic E-state index is 11.9. The molecule has 1 aromatic heterocycles. The number of carboxylic acid groups (broad SMARTS) is 1. The van der Waals surface area contributed by atoms with Crippen LogP contribution < -0.4 is 16.1 Å². The van der Waals surface area contributed by atoms with E-state index in [0.717, 1.165) is 5.56 Å². The Kier molecular flexibility index (Phi) is 8.53. The zero-order chi connectivity index (χ0) is 25.4. The topological polar surface area (TPSA) is 132 Å². The number of hydrogen-bond acceptors (Lipinski definition) is 6. The molecule has 2 heterocycles. The van der Waals surface area contributed by atoms with Gasteiger partial charge >= 0.3 is 12.1 Å². The normalized spacial score (nSPS) is 17.6. The molecule has 0 saturated carbocycles. The Hall–Kier alpha value is -4.23. The first-order valence-corrected chi connectivity index (χ1v) is 11.2. The molecule has 10 nitrogen and oxygen atoms in total.